The standard InChI is InChI=1S/C15H18FN3OS/c1-2-7-17-13-9-21-8-12(13)15-18-14(19-20-15)10-3-5-11(16)6-4-10/h3-6,12-13,17H,2,7-9H2,1H3. The molecule has 0 amide bonds. The molecule has 112 valence electrons. The van der Waals surface area contributed by atoms with E-state index in [0.29, 0.717) is 17.8 Å². The predicted octanol–water partition coefficient (Wildman–Crippen LogP) is 3.07. The molecule has 0 bridgehead atoms. The van der Waals surface area contributed by atoms with Crippen molar-refractivity contribution in [1.82, 2.24) is 15.5 Å². The van der Waals surface area contributed by atoms with Crippen LogP contribution in [-0.4, -0.2) is 34.2 Å². The van der Waals surface area contributed by atoms with E-state index >= 15 is 0 Å². The summed E-state index contributed by atoms with van der Waals surface area (Å²) in [6.45, 7) is 3.16. The minimum Gasteiger partial charge on any atom is -0.339 e. The maximum Gasteiger partial charge on any atom is 0.232 e. The largest absolute Gasteiger partial charge is 0.339 e. The number of halogens is 1. The van der Waals surface area contributed by atoms with Gasteiger partial charge in [0.15, 0.2) is 0 Å². The summed E-state index contributed by atoms with van der Waals surface area (Å²) in [4.78, 5) is 4.50. The second-order valence-corrected chi connectivity index (χ2v) is 6.24. The number of nitrogens with zero attached hydrogens (tertiary/aromatic N) is 2. The van der Waals surface area contributed by atoms with Crippen LogP contribution in [0.3, 0.4) is 0 Å². The zero-order valence-corrected chi connectivity index (χ0v) is 12.7. The van der Waals surface area contributed by atoms with Gasteiger partial charge in [0.2, 0.25) is 11.7 Å². The van der Waals surface area contributed by atoms with Crippen molar-refractivity contribution >= 4 is 11.8 Å². The van der Waals surface area contributed by atoms with Crippen LogP contribution in [0.2, 0.25) is 0 Å². The molecule has 2 heterocycles. The lowest BCUT2D eigenvalue weighted by atomic mass is 10.0. The lowest BCUT2D eigenvalue weighted by molar-refractivity contribution is 0.339. The lowest BCUT2D eigenvalue weighted by Crippen LogP contribution is -2.34. The Kier molecular flexibility index (Phi) is 4.55. The SMILES string of the molecule is CCCNC1CSCC1c1nc(-c2ccc(F)cc2)no1. The Bertz CT molecular complexity index is 587. The highest BCUT2D eigenvalue weighted by Gasteiger charge is 2.33. The number of hydrogen-bond donors (Lipinski definition) is 1. The predicted molar refractivity (Wildman–Crippen MR) is 81.8 cm³/mol. The summed E-state index contributed by atoms with van der Waals surface area (Å²) in [6, 6.07) is 6.53. The molecule has 1 aliphatic heterocycles. The molecule has 0 radical (unpaired) electrons. The Morgan fingerprint density at radius 3 is 2.90 bits per heavy atom. The first-order chi connectivity index (χ1) is 10.3. The second-order valence-electron chi connectivity index (χ2n) is 5.17. The first kappa shape index (κ1) is 14.5. The van der Waals surface area contributed by atoms with Gasteiger partial charge in [-0.1, -0.05) is 12.1 Å². The van der Waals surface area contributed by atoms with Gasteiger partial charge in [0.05, 0.1) is 5.92 Å². The summed E-state index contributed by atoms with van der Waals surface area (Å²) in [5.41, 5.74) is 0.773. The number of rotatable bonds is 5. The van der Waals surface area contributed by atoms with Crippen molar-refractivity contribution < 1.29 is 8.91 Å². The van der Waals surface area contributed by atoms with Gasteiger partial charge in [-0.2, -0.15) is 16.7 Å². The van der Waals surface area contributed by atoms with E-state index in [1.54, 1.807) is 12.1 Å². The van der Waals surface area contributed by atoms with E-state index in [4.69, 9.17) is 4.52 Å². The van der Waals surface area contributed by atoms with Crippen LogP contribution in [0, 0.1) is 5.82 Å². The van der Waals surface area contributed by atoms with Crippen LogP contribution in [-0.2, 0) is 0 Å². The van der Waals surface area contributed by atoms with Gasteiger partial charge in [-0.25, -0.2) is 4.39 Å². The molecule has 0 aliphatic carbocycles. The fourth-order valence-corrected chi connectivity index (χ4v) is 3.80. The van der Waals surface area contributed by atoms with Gasteiger partial charge in [0, 0.05) is 23.1 Å². The van der Waals surface area contributed by atoms with Crippen molar-refractivity contribution in [1.29, 1.82) is 0 Å². The molecule has 4 nitrogen and oxygen atoms in total. The molecule has 3 rings (SSSR count). The number of thioether (sulfide) groups is 1. The van der Waals surface area contributed by atoms with E-state index in [2.05, 4.69) is 22.4 Å². The molecule has 0 spiro atoms. The topological polar surface area (TPSA) is 51.0 Å². The quantitative estimate of drug-likeness (QED) is 0.920. The molecule has 1 saturated heterocycles. The molecule has 2 aromatic rings. The Morgan fingerprint density at radius 2 is 2.14 bits per heavy atom. The van der Waals surface area contributed by atoms with E-state index in [9.17, 15) is 4.39 Å². The molecule has 2 unspecified atom stereocenters. The Morgan fingerprint density at radius 1 is 1.33 bits per heavy atom. The summed E-state index contributed by atoms with van der Waals surface area (Å²) in [6.07, 6.45) is 1.11. The second kappa shape index (κ2) is 6.58. The first-order valence-corrected chi connectivity index (χ1v) is 8.34. The number of benzene rings is 1. The van der Waals surface area contributed by atoms with Gasteiger partial charge in [-0.05, 0) is 37.2 Å². The Labute approximate surface area is 127 Å². The lowest BCUT2D eigenvalue weighted by Gasteiger charge is -2.16. The van der Waals surface area contributed by atoms with Crippen molar-refractivity contribution in [2.75, 3.05) is 18.1 Å². The number of nitrogens with one attached hydrogen (secondary N) is 1. The molecule has 2 atom stereocenters. The smallest absolute Gasteiger partial charge is 0.232 e. The highest BCUT2D eigenvalue weighted by atomic mass is 32.2. The zero-order chi connectivity index (χ0) is 14.7. The van der Waals surface area contributed by atoms with E-state index in [-0.39, 0.29) is 11.7 Å². The molecule has 1 aromatic heterocycles. The van der Waals surface area contributed by atoms with Crippen LogP contribution in [0.4, 0.5) is 4.39 Å². The summed E-state index contributed by atoms with van der Waals surface area (Å²) in [7, 11) is 0. The van der Waals surface area contributed by atoms with Gasteiger partial charge >= 0.3 is 0 Å². The van der Waals surface area contributed by atoms with Crippen molar-refractivity contribution in [2.24, 2.45) is 0 Å². The first-order valence-electron chi connectivity index (χ1n) is 7.18. The van der Waals surface area contributed by atoms with Crippen molar-refractivity contribution in [2.45, 2.75) is 25.3 Å². The maximum atomic E-state index is 12.9. The van der Waals surface area contributed by atoms with E-state index in [1.807, 2.05) is 11.8 Å². The van der Waals surface area contributed by atoms with Crippen LogP contribution in [0.15, 0.2) is 28.8 Å². The van der Waals surface area contributed by atoms with E-state index in [0.717, 1.165) is 30.0 Å². The van der Waals surface area contributed by atoms with Crippen LogP contribution in [0.25, 0.3) is 11.4 Å². The third-order valence-corrected chi connectivity index (χ3v) is 4.79. The summed E-state index contributed by atoms with van der Waals surface area (Å²) >= 11 is 1.90. The minimum atomic E-state index is -0.265. The minimum absolute atomic E-state index is 0.253. The summed E-state index contributed by atoms with van der Waals surface area (Å²) < 4.78 is 18.4. The van der Waals surface area contributed by atoms with Gasteiger partial charge in [-0.3, -0.25) is 0 Å². The molecule has 1 aromatic carbocycles. The third-order valence-electron chi connectivity index (χ3n) is 3.60. The van der Waals surface area contributed by atoms with Crippen molar-refractivity contribution in [3.63, 3.8) is 0 Å². The molecule has 0 saturated carbocycles. The molecule has 1 N–H and O–H groups in total. The fourth-order valence-electron chi connectivity index (χ4n) is 2.43. The van der Waals surface area contributed by atoms with Crippen LogP contribution in [0.5, 0.6) is 0 Å². The fraction of sp³-hybridized carbons (Fsp3) is 0.467. The maximum absolute atomic E-state index is 12.9. The monoisotopic (exact) mass is 307 g/mol. The third kappa shape index (κ3) is 3.27. The van der Waals surface area contributed by atoms with Gasteiger partial charge in [0.1, 0.15) is 5.82 Å². The summed E-state index contributed by atoms with van der Waals surface area (Å²) in [5, 5.41) is 7.57. The average molecular weight is 307 g/mol. The normalized spacial score (nSPS) is 21.8. The average Bonchev–Trinajstić information content (AvgIpc) is 3.14. The van der Waals surface area contributed by atoms with E-state index in [1.165, 1.54) is 12.1 Å². The molecule has 1 fully saturated rings. The highest BCUT2D eigenvalue weighted by molar-refractivity contribution is 7.99. The number of hydrogen-bond acceptors (Lipinski definition) is 5. The van der Waals surface area contributed by atoms with E-state index < -0.39 is 0 Å². The van der Waals surface area contributed by atoms with Crippen LogP contribution in [0.1, 0.15) is 25.2 Å². The van der Waals surface area contributed by atoms with Crippen molar-refractivity contribution in [3.8, 4) is 11.4 Å². The van der Waals surface area contributed by atoms with Gasteiger partial charge < -0.3 is 9.84 Å². The van der Waals surface area contributed by atoms with Crippen LogP contribution >= 0.6 is 11.8 Å². The molecule has 21 heavy (non-hydrogen) atoms. The zero-order valence-electron chi connectivity index (χ0n) is 11.9. The van der Waals surface area contributed by atoms with Crippen LogP contribution < -0.4 is 5.32 Å². The molecular formula is C15H18FN3OS. The Hall–Kier alpha value is -1.40. The van der Waals surface area contributed by atoms with Gasteiger partial charge in [-0.15, -0.1) is 0 Å². The van der Waals surface area contributed by atoms with Crippen molar-refractivity contribution in [3.05, 3.63) is 36.0 Å². The molecule has 6 heteroatoms. The van der Waals surface area contributed by atoms with Gasteiger partial charge in [0.25, 0.3) is 0 Å². The highest BCUT2D eigenvalue weighted by Crippen LogP contribution is 2.33. The number of aromatic nitrogens is 2. The molecular weight excluding hydrogens is 289 g/mol. The molecule has 1 aliphatic rings. The Balaban J connectivity index is 1.76. The summed E-state index contributed by atoms with van der Waals surface area (Å²) in [5.74, 6) is 3.25.